The number of thiazole rings is 1. The van der Waals surface area contributed by atoms with Gasteiger partial charge in [0, 0.05) is 12.7 Å². The van der Waals surface area contributed by atoms with Gasteiger partial charge in [-0.3, -0.25) is 4.98 Å². The first-order valence-electron chi connectivity index (χ1n) is 6.56. The summed E-state index contributed by atoms with van der Waals surface area (Å²) < 4.78 is 4.66. The zero-order valence-electron chi connectivity index (χ0n) is 11.2. The van der Waals surface area contributed by atoms with E-state index in [9.17, 15) is 4.79 Å². The first-order chi connectivity index (χ1) is 9.78. The zero-order chi connectivity index (χ0) is 13.9. The molecule has 1 N–H and O–H groups in total. The van der Waals surface area contributed by atoms with Crippen molar-refractivity contribution < 1.29 is 9.53 Å². The van der Waals surface area contributed by atoms with E-state index in [0.29, 0.717) is 5.56 Å². The van der Waals surface area contributed by atoms with E-state index in [4.69, 9.17) is 0 Å². The van der Waals surface area contributed by atoms with E-state index in [1.165, 1.54) is 19.7 Å². The summed E-state index contributed by atoms with van der Waals surface area (Å²) in [5.74, 6) is -0.374. The van der Waals surface area contributed by atoms with Crippen LogP contribution in [0.2, 0.25) is 0 Å². The van der Waals surface area contributed by atoms with E-state index in [0.717, 1.165) is 40.8 Å². The predicted octanol–water partition coefficient (Wildman–Crippen LogP) is 2.74. The van der Waals surface area contributed by atoms with Gasteiger partial charge in [-0.15, -0.1) is 0 Å². The Kier molecular flexibility index (Phi) is 3.64. The summed E-state index contributed by atoms with van der Waals surface area (Å²) >= 11 is 1.62. The Morgan fingerprint density at radius 3 is 3.05 bits per heavy atom. The molecule has 6 heteroatoms. The van der Waals surface area contributed by atoms with Gasteiger partial charge in [-0.2, -0.15) is 0 Å². The number of hydrogen-bond donors (Lipinski definition) is 1. The number of hydrogen-bond acceptors (Lipinski definition) is 6. The lowest BCUT2D eigenvalue weighted by Crippen LogP contribution is -2.01. The number of carbonyl (C=O) groups excluding carboxylic acids is 1. The second-order valence-corrected chi connectivity index (χ2v) is 5.60. The molecule has 1 aliphatic heterocycles. The Balaban J connectivity index is 1.87. The Hall–Kier alpha value is -1.95. The zero-order valence-corrected chi connectivity index (χ0v) is 12.0. The fraction of sp³-hybridized carbons (Fsp3) is 0.357. The van der Waals surface area contributed by atoms with E-state index < -0.39 is 0 Å². The maximum absolute atomic E-state index is 11.4. The molecule has 104 valence electrons. The average Bonchev–Trinajstić information content (AvgIpc) is 2.77. The number of aryl methyl sites for hydroxylation is 1. The molecule has 0 saturated carbocycles. The first-order valence-corrected chi connectivity index (χ1v) is 7.38. The van der Waals surface area contributed by atoms with E-state index >= 15 is 0 Å². The molecule has 3 rings (SSSR count). The highest BCUT2D eigenvalue weighted by Gasteiger charge is 2.15. The lowest BCUT2D eigenvalue weighted by atomic mass is 10.2. The molecule has 0 aliphatic carbocycles. The number of anilines is 1. The van der Waals surface area contributed by atoms with Crippen molar-refractivity contribution >= 4 is 22.3 Å². The van der Waals surface area contributed by atoms with Crippen LogP contribution in [0.1, 0.15) is 28.9 Å². The Labute approximate surface area is 121 Å². The van der Waals surface area contributed by atoms with Gasteiger partial charge in [0.25, 0.3) is 0 Å². The van der Waals surface area contributed by atoms with Crippen molar-refractivity contribution in [1.29, 1.82) is 0 Å². The third-order valence-electron chi connectivity index (χ3n) is 3.23. The minimum Gasteiger partial charge on any atom is -0.465 e. The molecule has 20 heavy (non-hydrogen) atoms. The van der Waals surface area contributed by atoms with Gasteiger partial charge in [0.1, 0.15) is 10.0 Å². The molecule has 3 heterocycles. The average molecular weight is 289 g/mol. The van der Waals surface area contributed by atoms with Gasteiger partial charge in [-0.1, -0.05) is 11.3 Å². The number of esters is 1. The Morgan fingerprint density at radius 1 is 1.40 bits per heavy atom. The van der Waals surface area contributed by atoms with E-state index in [2.05, 4.69) is 20.0 Å². The molecule has 0 aromatic carbocycles. The molecular weight excluding hydrogens is 274 g/mol. The molecule has 0 spiro atoms. The van der Waals surface area contributed by atoms with Crippen LogP contribution in [-0.4, -0.2) is 29.6 Å². The van der Waals surface area contributed by atoms with Crippen LogP contribution in [0.15, 0.2) is 18.3 Å². The number of carbonyl (C=O) groups is 1. The molecule has 1 aliphatic rings. The molecule has 0 bridgehead atoms. The summed E-state index contributed by atoms with van der Waals surface area (Å²) in [6, 6.07) is 3.53. The molecule has 2 aromatic rings. The van der Waals surface area contributed by atoms with Crippen molar-refractivity contribution in [2.45, 2.75) is 19.3 Å². The summed E-state index contributed by atoms with van der Waals surface area (Å²) in [4.78, 5) is 20.3. The predicted molar refractivity (Wildman–Crippen MR) is 78.1 cm³/mol. The first kappa shape index (κ1) is 13.1. The molecule has 5 nitrogen and oxygen atoms in total. The number of nitrogens with zero attached hydrogens (tertiary/aromatic N) is 2. The van der Waals surface area contributed by atoms with Gasteiger partial charge >= 0.3 is 5.97 Å². The number of pyridine rings is 1. The molecule has 0 radical (unpaired) electrons. The van der Waals surface area contributed by atoms with Crippen LogP contribution in [0.5, 0.6) is 0 Å². The van der Waals surface area contributed by atoms with Gasteiger partial charge in [0.2, 0.25) is 0 Å². The fourth-order valence-corrected chi connectivity index (χ4v) is 3.16. The Bertz CT molecular complexity index is 598. The number of rotatable bonds is 2. The van der Waals surface area contributed by atoms with Gasteiger partial charge in [-0.05, 0) is 31.4 Å². The molecule has 0 saturated heterocycles. The number of ether oxygens (including phenoxy) is 1. The minimum atomic E-state index is -0.374. The smallest absolute Gasteiger partial charge is 0.339 e. The van der Waals surface area contributed by atoms with Crippen molar-refractivity contribution in [2.24, 2.45) is 0 Å². The standard InChI is InChI=1S/C14H15N3O2S/c1-19-14(18)9-5-6-10(16-8-9)13-17-11-4-2-3-7-15-12(11)20-13/h5-6,8,15H,2-4,7H2,1H3. The highest BCUT2D eigenvalue weighted by Crippen LogP contribution is 2.33. The summed E-state index contributed by atoms with van der Waals surface area (Å²) in [6.07, 6.45) is 4.89. The topological polar surface area (TPSA) is 64.1 Å². The van der Waals surface area contributed by atoms with Gasteiger partial charge in [-0.25, -0.2) is 9.78 Å². The quantitative estimate of drug-likeness (QED) is 0.861. The van der Waals surface area contributed by atoms with E-state index in [1.54, 1.807) is 17.4 Å². The molecule has 2 aromatic heterocycles. The van der Waals surface area contributed by atoms with Crippen molar-refractivity contribution in [1.82, 2.24) is 9.97 Å². The maximum atomic E-state index is 11.4. The number of fused-ring (bicyclic) bond motifs is 1. The highest BCUT2D eigenvalue weighted by atomic mass is 32.1. The lowest BCUT2D eigenvalue weighted by molar-refractivity contribution is 0.0600. The molecule has 0 atom stereocenters. The van der Waals surface area contributed by atoms with Crippen molar-refractivity contribution in [3.63, 3.8) is 0 Å². The van der Waals surface area contributed by atoms with Crippen LogP contribution in [0.25, 0.3) is 10.7 Å². The molecule has 0 fully saturated rings. The summed E-state index contributed by atoms with van der Waals surface area (Å²) in [7, 11) is 1.36. The third-order valence-corrected chi connectivity index (χ3v) is 4.30. The summed E-state index contributed by atoms with van der Waals surface area (Å²) in [6.45, 7) is 1.00. The van der Waals surface area contributed by atoms with Crippen LogP contribution >= 0.6 is 11.3 Å². The van der Waals surface area contributed by atoms with Crippen LogP contribution in [-0.2, 0) is 11.2 Å². The van der Waals surface area contributed by atoms with Crippen molar-refractivity contribution in [2.75, 3.05) is 19.0 Å². The largest absolute Gasteiger partial charge is 0.465 e. The normalized spacial score (nSPS) is 14.1. The van der Waals surface area contributed by atoms with Crippen LogP contribution in [0.3, 0.4) is 0 Å². The van der Waals surface area contributed by atoms with Crippen LogP contribution in [0.4, 0.5) is 5.00 Å². The van der Waals surface area contributed by atoms with Crippen LogP contribution < -0.4 is 5.32 Å². The van der Waals surface area contributed by atoms with Crippen LogP contribution in [0, 0.1) is 0 Å². The fourth-order valence-electron chi connectivity index (χ4n) is 2.15. The third kappa shape index (κ3) is 2.51. The van der Waals surface area contributed by atoms with Gasteiger partial charge < -0.3 is 10.1 Å². The monoisotopic (exact) mass is 289 g/mol. The SMILES string of the molecule is COC(=O)c1ccc(-c2nc3c(s2)NCCCC3)nc1. The number of nitrogens with one attached hydrogen (secondary N) is 1. The summed E-state index contributed by atoms with van der Waals surface area (Å²) in [5.41, 5.74) is 2.37. The van der Waals surface area contributed by atoms with Gasteiger partial charge in [0.15, 0.2) is 0 Å². The Morgan fingerprint density at radius 2 is 2.30 bits per heavy atom. The highest BCUT2D eigenvalue weighted by molar-refractivity contribution is 7.19. The number of methoxy groups -OCH3 is 1. The van der Waals surface area contributed by atoms with Crippen molar-refractivity contribution in [3.05, 3.63) is 29.6 Å². The maximum Gasteiger partial charge on any atom is 0.339 e. The van der Waals surface area contributed by atoms with Crippen molar-refractivity contribution in [3.8, 4) is 10.7 Å². The summed E-state index contributed by atoms with van der Waals surface area (Å²) in [5, 5.41) is 5.45. The molecule has 0 amide bonds. The lowest BCUT2D eigenvalue weighted by Gasteiger charge is -2.00. The minimum absolute atomic E-state index is 0.374. The molecule has 0 unspecified atom stereocenters. The second-order valence-electron chi connectivity index (χ2n) is 4.60. The van der Waals surface area contributed by atoms with E-state index in [1.807, 2.05) is 6.07 Å². The van der Waals surface area contributed by atoms with Gasteiger partial charge in [0.05, 0.1) is 24.1 Å². The van der Waals surface area contributed by atoms with E-state index in [-0.39, 0.29) is 5.97 Å². The number of aromatic nitrogens is 2. The molecular formula is C14H15N3O2S. The second kappa shape index (κ2) is 5.58.